The maximum atomic E-state index is 12.6. The van der Waals surface area contributed by atoms with Gasteiger partial charge in [0.15, 0.2) is 0 Å². The van der Waals surface area contributed by atoms with E-state index in [-0.39, 0.29) is 18.9 Å². The summed E-state index contributed by atoms with van der Waals surface area (Å²) in [5.41, 5.74) is 1.99. The predicted molar refractivity (Wildman–Crippen MR) is 151 cm³/mol. The molecule has 0 atom stereocenters. The standard InChI is InChI=1S/C30H45NO5S/c1-3-4-5-6-7-8-9-10-11-12-13-16-22-35-28-20-17-18-26(23-28)24-30(32)31-29-21-15-14-19-27(29)25-36-37(2,33)34/h14-15,17-21,23H,3-13,16,22,24-25H2,1-2H3,(H,31,32). The van der Waals surface area contributed by atoms with Crippen LogP contribution in [0.4, 0.5) is 5.69 Å². The summed E-state index contributed by atoms with van der Waals surface area (Å²) in [5.74, 6) is 0.584. The highest BCUT2D eigenvalue weighted by atomic mass is 32.2. The minimum atomic E-state index is -3.57. The van der Waals surface area contributed by atoms with E-state index in [0.717, 1.165) is 24.0 Å². The van der Waals surface area contributed by atoms with E-state index in [1.165, 1.54) is 70.6 Å². The van der Waals surface area contributed by atoms with Crippen LogP contribution in [-0.4, -0.2) is 27.2 Å². The molecule has 0 aliphatic heterocycles. The van der Waals surface area contributed by atoms with Gasteiger partial charge in [0, 0.05) is 11.3 Å². The zero-order chi connectivity index (χ0) is 26.8. The number of hydrogen-bond donors (Lipinski definition) is 1. The number of nitrogens with one attached hydrogen (secondary N) is 1. The summed E-state index contributed by atoms with van der Waals surface area (Å²) in [6, 6.07) is 14.6. The molecule has 0 saturated carbocycles. The van der Waals surface area contributed by atoms with E-state index in [0.29, 0.717) is 17.9 Å². The number of benzene rings is 2. The van der Waals surface area contributed by atoms with E-state index in [1.807, 2.05) is 24.3 Å². The minimum Gasteiger partial charge on any atom is -0.494 e. The molecule has 1 N–H and O–H groups in total. The van der Waals surface area contributed by atoms with Crippen LogP contribution in [0.5, 0.6) is 5.75 Å². The first-order chi connectivity index (χ1) is 17.9. The van der Waals surface area contributed by atoms with E-state index < -0.39 is 10.1 Å². The van der Waals surface area contributed by atoms with Gasteiger partial charge in [0.2, 0.25) is 5.91 Å². The largest absolute Gasteiger partial charge is 0.494 e. The average molecular weight is 532 g/mol. The van der Waals surface area contributed by atoms with Crippen LogP contribution >= 0.6 is 0 Å². The summed E-state index contributed by atoms with van der Waals surface area (Å²) in [6.07, 6.45) is 16.9. The van der Waals surface area contributed by atoms with Crippen LogP contribution in [0.2, 0.25) is 0 Å². The fourth-order valence-corrected chi connectivity index (χ4v) is 4.54. The molecule has 0 saturated heterocycles. The zero-order valence-electron chi connectivity index (χ0n) is 22.7. The molecule has 7 heteroatoms. The molecule has 6 nitrogen and oxygen atoms in total. The molecule has 0 unspecified atom stereocenters. The third-order valence-corrected chi connectivity index (χ3v) is 6.80. The van der Waals surface area contributed by atoms with E-state index >= 15 is 0 Å². The molecule has 0 aliphatic carbocycles. The number of hydrogen-bond acceptors (Lipinski definition) is 5. The van der Waals surface area contributed by atoms with E-state index in [9.17, 15) is 13.2 Å². The van der Waals surface area contributed by atoms with E-state index in [1.54, 1.807) is 24.3 Å². The Morgan fingerprint density at radius 3 is 2.08 bits per heavy atom. The van der Waals surface area contributed by atoms with Gasteiger partial charge in [-0.3, -0.25) is 8.98 Å². The van der Waals surface area contributed by atoms with E-state index in [4.69, 9.17) is 8.92 Å². The Balaban J connectivity index is 1.64. The van der Waals surface area contributed by atoms with Crippen molar-refractivity contribution in [3.8, 4) is 5.75 Å². The Labute approximate surface area is 224 Å². The lowest BCUT2D eigenvalue weighted by molar-refractivity contribution is -0.115. The first-order valence-corrected chi connectivity index (χ1v) is 15.6. The number of unbranched alkanes of at least 4 members (excludes halogenated alkanes) is 11. The summed E-state index contributed by atoms with van der Waals surface area (Å²) >= 11 is 0. The Morgan fingerprint density at radius 2 is 1.43 bits per heavy atom. The van der Waals surface area contributed by atoms with Crippen LogP contribution in [0.15, 0.2) is 48.5 Å². The van der Waals surface area contributed by atoms with Crippen LogP contribution in [0.3, 0.4) is 0 Å². The number of carbonyl (C=O) groups is 1. The monoisotopic (exact) mass is 531 g/mol. The van der Waals surface area contributed by atoms with Crippen molar-refractivity contribution in [3.05, 3.63) is 59.7 Å². The molecule has 1 amide bonds. The van der Waals surface area contributed by atoms with Crippen LogP contribution in [0.25, 0.3) is 0 Å². The van der Waals surface area contributed by atoms with Gasteiger partial charge in [0.1, 0.15) is 5.75 Å². The minimum absolute atomic E-state index is 0.127. The molecular weight excluding hydrogens is 486 g/mol. The third-order valence-electron chi connectivity index (χ3n) is 6.25. The number of rotatable bonds is 20. The summed E-state index contributed by atoms with van der Waals surface area (Å²) in [5, 5.41) is 2.86. The van der Waals surface area contributed by atoms with Crippen LogP contribution in [0, 0.1) is 0 Å². The second-order valence-electron chi connectivity index (χ2n) is 9.73. The van der Waals surface area contributed by atoms with Crippen molar-refractivity contribution in [1.29, 1.82) is 0 Å². The smallest absolute Gasteiger partial charge is 0.264 e. The molecule has 37 heavy (non-hydrogen) atoms. The zero-order valence-corrected chi connectivity index (χ0v) is 23.5. The summed E-state index contributed by atoms with van der Waals surface area (Å²) in [7, 11) is -3.57. The number of amides is 1. The van der Waals surface area contributed by atoms with Crippen molar-refractivity contribution in [2.45, 2.75) is 97.0 Å². The topological polar surface area (TPSA) is 81.7 Å². The van der Waals surface area contributed by atoms with Crippen molar-refractivity contribution in [1.82, 2.24) is 0 Å². The first-order valence-electron chi connectivity index (χ1n) is 13.8. The molecule has 0 fully saturated rings. The second-order valence-corrected chi connectivity index (χ2v) is 11.4. The maximum absolute atomic E-state index is 12.6. The third kappa shape index (κ3) is 14.8. The molecule has 0 aliphatic rings. The average Bonchev–Trinajstić information content (AvgIpc) is 2.86. The van der Waals surface area contributed by atoms with Gasteiger partial charge < -0.3 is 10.1 Å². The lowest BCUT2D eigenvalue weighted by Gasteiger charge is -2.12. The molecule has 206 valence electrons. The van der Waals surface area contributed by atoms with Crippen LogP contribution in [-0.2, 0) is 32.1 Å². The number of para-hydroxylation sites is 1. The number of carbonyl (C=O) groups excluding carboxylic acids is 1. The highest BCUT2D eigenvalue weighted by Crippen LogP contribution is 2.19. The Bertz CT molecular complexity index is 1020. The van der Waals surface area contributed by atoms with Crippen molar-refractivity contribution >= 4 is 21.7 Å². The van der Waals surface area contributed by atoms with Crippen molar-refractivity contribution < 1.29 is 22.1 Å². The first kappa shape index (κ1) is 30.8. The Morgan fingerprint density at radius 1 is 0.811 bits per heavy atom. The highest BCUT2D eigenvalue weighted by Gasteiger charge is 2.11. The highest BCUT2D eigenvalue weighted by molar-refractivity contribution is 7.85. The molecule has 0 aromatic heterocycles. The lowest BCUT2D eigenvalue weighted by atomic mass is 10.1. The summed E-state index contributed by atoms with van der Waals surface area (Å²) in [6.45, 7) is 2.82. The normalized spacial score (nSPS) is 11.4. The molecule has 0 bridgehead atoms. The van der Waals surface area contributed by atoms with Crippen molar-refractivity contribution in [3.63, 3.8) is 0 Å². The Kier molecular flexibility index (Phi) is 15.0. The summed E-state index contributed by atoms with van der Waals surface area (Å²) in [4.78, 5) is 12.6. The van der Waals surface area contributed by atoms with Gasteiger partial charge >= 0.3 is 0 Å². The van der Waals surface area contributed by atoms with Gasteiger partial charge in [-0.15, -0.1) is 0 Å². The van der Waals surface area contributed by atoms with Crippen LogP contribution < -0.4 is 10.1 Å². The quantitative estimate of drug-likeness (QED) is 0.142. The van der Waals surface area contributed by atoms with Crippen LogP contribution in [0.1, 0.15) is 95.1 Å². The van der Waals surface area contributed by atoms with Gasteiger partial charge in [0.25, 0.3) is 10.1 Å². The van der Waals surface area contributed by atoms with Gasteiger partial charge in [0.05, 0.1) is 25.9 Å². The van der Waals surface area contributed by atoms with Gasteiger partial charge in [-0.25, -0.2) is 0 Å². The molecule has 0 heterocycles. The maximum Gasteiger partial charge on any atom is 0.264 e. The van der Waals surface area contributed by atoms with Gasteiger partial charge in [-0.2, -0.15) is 8.42 Å². The van der Waals surface area contributed by atoms with E-state index in [2.05, 4.69) is 12.2 Å². The molecule has 0 radical (unpaired) electrons. The molecular formula is C30H45NO5S. The molecule has 2 rings (SSSR count). The lowest BCUT2D eigenvalue weighted by Crippen LogP contribution is -2.16. The summed E-state index contributed by atoms with van der Waals surface area (Å²) < 4.78 is 33.4. The fraction of sp³-hybridized carbons (Fsp3) is 0.567. The Hall–Kier alpha value is -2.38. The second kappa shape index (κ2) is 18.0. The molecule has 2 aromatic carbocycles. The number of ether oxygens (including phenoxy) is 1. The molecule has 0 spiro atoms. The van der Waals surface area contributed by atoms with Gasteiger partial charge in [-0.05, 0) is 30.2 Å². The fourth-order valence-electron chi connectivity index (χ4n) is 4.20. The molecule has 2 aromatic rings. The SMILES string of the molecule is CCCCCCCCCCCCCCOc1cccc(CC(=O)Nc2ccccc2COS(C)(=O)=O)c1. The van der Waals surface area contributed by atoms with Crippen molar-refractivity contribution in [2.75, 3.05) is 18.2 Å². The number of anilines is 1. The van der Waals surface area contributed by atoms with Crippen molar-refractivity contribution in [2.24, 2.45) is 0 Å². The predicted octanol–water partition coefficient (Wildman–Crippen LogP) is 7.42. The van der Waals surface area contributed by atoms with Gasteiger partial charge in [-0.1, -0.05) is 108 Å².